The van der Waals surface area contributed by atoms with Gasteiger partial charge in [0, 0.05) is 13.1 Å². The molecule has 0 saturated heterocycles. The van der Waals surface area contributed by atoms with E-state index in [1.54, 1.807) is 0 Å². The van der Waals surface area contributed by atoms with Crippen LogP contribution in [0.1, 0.15) is 60.3 Å². The Morgan fingerprint density at radius 3 is 2.21 bits per heavy atom. The maximum absolute atomic E-state index is 5.76. The van der Waals surface area contributed by atoms with E-state index in [0.717, 1.165) is 0 Å². The van der Waals surface area contributed by atoms with Gasteiger partial charge in [-0.3, -0.25) is 4.84 Å². The van der Waals surface area contributed by atoms with Crippen molar-refractivity contribution >= 4 is 0 Å². The van der Waals surface area contributed by atoms with Gasteiger partial charge in [0.2, 0.25) is 0 Å². The number of unbranched alkanes of at least 4 members (excludes halogenated alkanes) is 2. The summed E-state index contributed by atoms with van der Waals surface area (Å²) >= 11 is 0. The quantitative estimate of drug-likeness (QED) is 0.481. The predicted molar refractivity (Wildman–Crippen MR) is 62.2 cm³/mol. The summed E-state index contributed by atoms with van der Waals surface area (Å²) in [5.74, 6) is 0. The van der Waals surface area contributed by atoms with E-state index in [1.165, 1.54) is 25.7 Å². The minimum atomic E-state index is -0.0756. The Hall–Kier alpha value is -0.0800. The van der Waals surface area contributed by atoms with Gasteiger partial charge in [0.15, 0.2) is 0 Å². The summed E-state index contributed by atoms with van der Waals surface area (Å²) in [6, 6.07) is 0.515. The Balaban J connectivity index is 3.70. The third kappa shape index (κ3) is 7.34. The summed E-state index contributed by atoms with van der Waals surface area (Å²) in [7, 11) is 2.03. The first-order chi connectivity index (χ1) is 6.37. The Morgan fingerprint density at radius 2 is 1.79 bits per heavy atom. The summed E-state index contributed by atoms with van der Waals surface area (Å²) in [6.45, 7) is 10.7. The summed E-state index contributed by atoms with van der Waals surface area (Å²) < 4.78 is 0. The van der Waals surface area contributed by atoms with Gasteiger partial charge in [0.1, 0.15) is 0 Å². The van der Waals surface area contributed by atoms with Crippen LogP contribution in [0, 0.1) is 0 Å². The number of hydrogen-bond acceptors (Lipinski definition) is 2. The molecular weight excluding hydrogens is 174 g/mol. The van der Waals surface area contributed by atoms with E-state index >= 15 is 0 Å². The maximum Gasteiger partial charge on any atom is 0.0815 e. The van der Waals surface area contributed by atoms with E-state index in [0.29, 0.717) is 6.04 Å². The van der Waals surface area contributed by atoms with Crippen LogP contribution in [-0.2, 0) is 4.84 Å². The Labute approximate surface area is 89.6 Å². The lowest BCUT2D eigenvalue weighted by Gasteiger charge is -2.31. The van der Waals surface area contributed by atoms with Crippen molar-refractivity contribution in [3.05, 3.63) is 0 Å². The van der Waals surface area contributed by atoms with Gasteiger partial charge in [-0.1, -0.05) is 26.2 Å². The van der Waals surface area contributed by atoms with Crippen LogP contribution in [0.4, 0.5) is 0 Å². The molecule has 0 rings (SSSR count). The third-order valence-electron chi connectivity index (χ3n) is 2.26. The third-order valence-corrected chi connectivity index (χ3v) is 2.26. The van der Waals surface area contributed by atoms with E-state index < -0.39 is 0 Å². The second-order valence-corrected chi connectivity index (χ2v) is 5.09. The van der Waals surface area contributed by atoms with Crippen molar-refractivity contribution in [3.63, 3.8) is 0 Å². The largest absolute Gasteiger partial charge is 0.293 e. The molecule has 1 unspecified atom stereocenters. The van der Waals surface area contributed by atoms with Gasteiger partial charge in [0.05, 0.1) is 5.60 Å². The highest BCUT2D eigenvalue weighted by Gasteiger charge is 2.17. The van der Waals surface area contributed by atoms with Crippen molar-refractivity contribution < 1.29 is 4.84 Å². The molecule has 0 bridgehead atoms. The van der Waals surface area contributed by atoms with Gasteiger partial charge in [-0.25, -0.2) is 0 Å². The second-order valence-electron chi connectivity index (χ2n) is 5.09. The molecule has 0 spiro atoms. The van der Waals surface area contributed by atoms with Crippen LogP contribution in [0.25, 0.3) is 0 Å². The molecule has 0 fully saturated rings. The molecule has 0 saturated carbocycles. The topological polar surface area (TPSA) is 12.5 Å². The minimum absolute atomic E-state index is 0.0756. The second kappa shape index (κ2) is 6.41. The molecule has 0 aliphatic carbocycles. The van der Waals surface area contributed by atoms with Crippen molar-refractivity contribution in [1.82, 2.24) is 5.06 Å². The summed E-state index contributed by atoms with van der Waals surface area (Å²) in [4.78, 5) is 5.76. The predicted octanol–water partition coefficient (Wildman–Crippen LogP) is 3.62. The standard InChI is InChI=1S/C12H27NO/c1-7-8-9-10-11(2)13(6)14-12(3,4)5/h11H,7-10H2,1-6H3. The molecule has 0 N–H and O–H groups in total. The fourth-order valence-corrected chi connectivity index (χ4v) is 1.39. The zero-order valence-electron chi connectivity index (χ0n) is 10.8. The summed E-state index contributed by atoms with van der Waals surface area (Å²) in [5, 5.41) is 2.00. The fourth-order valence-electron chi connectivity index (χ4n) is 1.39. The molecule has 0 aromatic carbocycles. The number of hydrogen-bond donors (Lipinski definition) is 0. The molecule has 0 heterocycles. The van der Waals surface area contributed by atoms with Crippen molar-refractivity contribution in [3.8, 4) is 0 Å². The highest BCUT2D eigenvalue weighted by molar-refractivity contribution is 4.61. The molecule has 0 amide bonds. The molecule has 0 aromatic rings. The average molecular weight is 201 g/mol. The van der Waals surface area contributed by atoms with Crippen LogP contribution >= 0.6 is 0 Å². The van der Waals surface area contributed by atoms with Crippen LogP contribution in [-0.4, -0.2) is 23.8 Å². The zero-order chi connectivity index (χ0) is 11.2. The van der Waals surface area contributed by atoms with E-state index in [2.05, 4.69) is 34.6 Å². The van der Waals surface area contributed by atoms with Crippen LogP contribution < -0.4 is 0 Å². The lowest BCUT2D eigenvalue weighted by Crippen LogP contribution is -2.36. The average Bonchev–Trinajstić information content (AvgIpc) is 2.01. The van der Waals surface area contributed by atoms with Crippen molar-refractivity contribution in [1.29, 1.82) is 0 Å². The lowest BCUT2D eigenvalue weighted by molar-refractivity contribution is -0.233. The molecule has 0 radical (unpaired) electrons. The van der Waals surface area contributed by atoms with E-state index in [1.807, 2.05) is 12.1 Å². The molecule has 86 valence electrons. The minimum Gasteiger partial charge on any atom is -0.293 e. The molecule has 0 aromatic heterocycles. The van der Waals surface area contributed by atoms with Gasteiger partial charge >= 0.3 is 0 Å². The van der Waals surface area contributed by atoms with E-state index in [-0.39, 0.29) is 5.60 Å². The molecule has 2 nitrogen and oxygen atoms in total. The van der Waals surface area contributed by atoms with Gasteiger partial charge < -0.3 is 0 Å². The number of rotatable bonds is 6. The molecule has 1 atom stereocenters. The number of hydroxylamine groups is 2. The van der Waals surface area contributed by atoms with Crippen LogP contribution in [0.3, 0.4) is 0 Å². The maximum atomic E-state index is 5.76. The van der Waals surface area contributed by atoms with Crippen LogP contribution in [0.2, 0.25) is 0 Å². The van der Waals surface area contributed by atoms with E-state index in [4.69, 9.17) is 4.84 Å². The SMILES string of the molecule is CCCCCC(C)N(C)OC(C)(C)C. The fraction of sp³-hybridized carbons (Fsp3) is 1.00. The molecule has 2 heteroatoms. The summed E-state index contributed by atoms with van der Waals surface area (Å²) in [5.41, 5.74) is -0.0756. The van der Waals surface area contributed by atoms with Crippen molar-refractivity contribution in [2.45, 2.75) is 71.9 Å². The highest BCUT2D eigenvalue weighted by atomic mass is 16.7. The van der Waals surface area contributed by atoms with E-state index in [9.17, 15) is 0 Å². The van der Waals surface area contributed by atoms with Gasteiger partial charge in [-0.05, 0) is 34.1 Å². The van der Waals surface area contributed by atoms with Crippen LogP contribution in [0.15, 0.2) is 0 Å². The Bertz CT molecular complexity index is 140. The van der Waals surface area contributed by atoms with Crippen molar-refractivity contribution in [2.75, 3.05) is 7.05 Å². The molecule has 0 aliphatic rings. The monoisotopic (exact) mass is 201 g/mol. The molecular formula is C12H27NO. The number of nitrogens with zero attached hydrogens (tertiary/aromatic N) is 1. The van der Waals surface area contributed by atoms with Crippen molar-refractivity contribution in [2.24, 2.45) is 0 Å². The zero-order valence-corrected chi connectivity index (χ0v) is 10.8. The first-order valence-corrected chi connectivity index (χ1v) is 5.78. The smallest absolute Gasteiger partial charge is 0.0815 e. The summed E-state index contributed by atoms with van der Waals surface area (Å²) in [6.07, 6.45) is 5.14. The van der Waals surface area contributed by atoms with Gasteiger partial charge in [0.25, 0.3) is 0 Å². The molecule has 0 aliphatic heterocycles. The lowest BCUT2D eigenvalue weighted by atomic mass is 10.1. The molecule has 14 heavy (non-hydrogen) atoms. The Morgan fingerprint density at radius 1 is 1.21 bits per heavy atom. The van der Waals surface area contributed by atoms with Gasteiger partial charge in [-0.15, -0.1) is 0 Å². The van der Waals surface area contributed by atoms with Crippen LogP contribution in [0.5, 0.6) is 0 Å². The first-order valence-electron chi connectivity index (χ1n) is 5.78. The first kappa shape index (κ1) is 13.9. The normalized spacial score (nSPS) is 14.8. The Kier molecular flexibility index (Phi) is 6.38. The van der Waals surface area contributed by atoms with Gasteiger partial charge in [-0.2, -0.15) is 5.06 Å². The highest BCUT2D eigenvalue weighted by Crippen LogP contribution is 2.14.